The number of nitrogens with one attached hydrogen (secondary N) is 1. The summed E-state index contributed by atoms with van der Waals surface area (Å²) in [5.74, 6) is 3.62. The number of thioether (sulfide) groups is 1. The zero-order valence-corrected chi connectivity index (χ0v) is 20.2. The van der Waals surface area contributed by atoms with E-state index in [2.05, 4.69) is 40.7 Å². The molecule has 1 aromatic carbocycles. The Morgan fingerprint density at radius 2 is 2.14 bits per heavy atom. The molecular weight excluding hydrogens is 497 g/mol. The first-order valence-corrected chi connectivity index (χ1v) is 11.4. The van der Waals surface area contributed by atoms with E-state index in [1.165, 1.54) is 5.56 Å². The van der Waals surface area contributed by atoms with Crippen LogP contribution in [0.5, 0.6) is 0 Å². The van der Waals surface area contributed by atoms with E-state index in [4.69, 9.17) is 14.1 Å². The largest absolute Gasteiger partial charge is 0.469 e. The molecule has 0 saturated carbocycles. The van der Waals surface area contributed by atoms with Gasteiger partial charge in [0.1, 0.15) is 5.76 Å². The van der Waals surface area contributed by atoms with E-state index in [-0.39, 0.29) is 24.0 Å². The lowest BCUT2D eigenvalue weighted by atomic mass is 10.1. The van der Waals surface area contributed by atoms with Gasteiger partial charge in [0.25, 0.3) is 0 Å². The van der Waals surface area contributed by atoms with Crippen molar-refractivity contribution in [2.75, 3.05) is 44.8 Å². The number of hydrogen-bond acceptors (Lipinski definition) is 4. The Bertz CT molecular complexity index is 697. The lowest BCUT2D eigenvalue weighted by molar-refractivity contribution is 0.0906. The van der Waals surface area contributed by atoms with Crippen LogP contribution >= 0.6 is 35.7 Å². The molecule has 1 saturated heterocycles. The van der Waals surface area contributed by atoms with E-state index in [0.717, 1.165) is 63.1 Å². The average Bonchev–Trinajstić information content (AvgIpc) is 3.40. The summed E-state index contributed by atoms with van der Waals surface area (Å²) in [6, 6.07) is 14.3. The van der Waals surface area contributed by atoms with Crippen molar-refractivity contribution in [3.63, 3.8) is 0 Å². The van der Waals surface area contributed by atoms with Crippen molar-refractivity contribution in [3.05, 3.63) is 60.1 Å². The van der Waals surface area contributed by atoms with E-state index in [1.54, 1.807) is 6.26 Å². The Balaban J connectivity index is 0.00000300. The summed E-state index contributed by atoms with van der Waals surface area (Å²) >= 11 is 1.83. The molecule has 0 spiro atoms. The van der Waals surface area contributed by atoms with Crippen molar-refractivity contribution in [1.29, 1.82) is 0 Å². The summed E-state index contributed by atoms with van der Waals surface area (Å²) in [5, 5.41) is 3.53. The maximum atomic E-state index is 5.96. The number of furan rings is 1. The van der Waals surface area contributed by atoms with Gasteiger partial charge in [-0.25, -0.2) is 0 Å². The predicted octanol–water partition coefficient (Wildman–Crippen LogP) is 4.29. The van der Waals surface area contributed by atoms with Crippen LogP contribution < -0.4 is 5.32 Å². The molecule has 0 aliphatic carbocycles. The number of likely N-dealkylation sites (tertiary alicyclic amines) is 1. The molecule has 29 heavy (non-hydrogen) atoms. The molecule has 1 aliphatic rings. The number of aliphatic imine (C=N–C) groups is 1. The van der Waals surface area contributed by atoms with Gasteiger partial charge in [0.15, 0.2) is 5.96 Å². The number of halogens is 1. The Morgan fingerprint density at radius 3 is 2.90 bits per heavy atom. The van der Waals surface area contributed by atoms with Crippen molar-refractivity contribution in [2.45, 2.75) is 19.4 Å². The monoisotopic (exact) mass is 529 g/mol. The van der Waals surface area contributed by atoms with Crippen molar-refractivity contribution >= 4 is 41.7 Å². The van der Waals surface area contributed by atoms with Gasteiger partial charge in [-0.15, -0.1) is 24.0 Å². The summed E-state index contributed by atoms with van der Waals surface area (Å²) in [6.07, 6.45) is 5.86. The molecular formula is C22H32IN3O2S. The number of guanidine groups is 1. The zero-order valence-electron chi connectivity index (χ0n) is 17.1. The summed E-state index contributed by atoms with van der Waals surface area (Å²) in [4.78, 5) is 7.19. The van der Waals surface area contributed by atoms with Crippen molar-refractivity contribution in [1.82, 2.24) is 10.2 Å². The van der Waals surface area contributed by atoms with Gasteiger partial charge in [-0.1, -0.05) is 30.3 Å². The Hall–Kier alpha value is -1.19. The van der Waals surface area contributed by atoms with Gasteiger partial charge in [0, 0.05) is 37.7 Å². The van der Waals surface area contributed by atoms with Crippen LogP contribution in [-0.2, 0) is 17.8 Å². The first-order chi connectivity index (χ1) is 13.8. The van der Waals surface area contributed by atoms with E-state index in [1.807, 2.05) is 30.0 Å². The normalized spacial score (nSPS) is 16.7. The molecule has 7 heteroatoms. The highest BCUT2D eigenvalue weighted by atomic mass is 127. The lowest BCUT2D eigenvalue weighted by Crippen LogP contribution is -2.41. The van der Waals surface area contributed by atoms with Gasteiger partial charge >= 0.3 is 0 Å². The first kappa shape index (κ1) is 24.1. The topological polar surface area (TPSA) is 50.0 Å². The van der Waals surface area contributed by atoms with Crippen LogP contribution in [0.15, 0.2) is 58.1 Å². The zero-order chi connectivity index (χ0) is 19.4. The average molecular weight is 529 g/mol. The fourth-order valence-corrected chi connectivity index (χ4v) is 3.62. The van der Waals surface area contributed by atoms with Crippen LogP contribution in [-0.4, -0.2) is 55.7 Å². The van der Waals surface area contributed by atoms with Crippen LogP contribution in [0.1, 0.15) is 17.7 Å². The Labute approximate surface area is 195 Å². The molecule has 0 bridgehead atoms. The smallest absolute Gasteiger partial charge is 0.193 e. The number of ether oxygens (including phenoxy) is 1. The molecule has 2 heterocycles. The summed E-state index contributed by atoms with van der Waals surface area (Å²) in [5.41, 5.74) is 1.23. The SMILES string of the molecule is CSCCN=C(NCCc1ccco1)N1CCC(COCc2ccccc2)C1.I. The highest BCUT2D eigenvalue weighted by molar-refractivity contribution is 14.0. The fourth-order valence-electron chi connectivity index (χ4n) is 3.34. The maximum absolute atomic E-state index is 5.96. The van der Waals surface area contributed by atoms with E-state index in [0.29, 0.717) is 12.5 Å². The number of nitrogens with zero attached hydrogens (tertiary/aromatic N) is 2. The van der Waals surface area contributed by atoms with E-state index >= 15 is 0 Å². The fraction of sp³-hybridized carbons (Fsp3) is 0.500. The predicted molar refractivity (Wildman–Crippen MR) is 132 cm³/mol. The van der Waals surface area contributed by atoms with Crippen LogP contribution in [0, 0.1) is 5.92 Å². The maximum Gasteiger partial charge on any atom is 0.193 e. The quantitative estimate of drug-likeness (QED) is 0.216. The van der Waals surface area contributed by atoms with Gasteiger partial charge in [-0.3, -0.25) is 4.99 Å². The summed E-state index contributed by atoms with van der Waals surface area (Å²) in [7, 11) is 0. The number of hydrogen-bond donors (Lipinski definition) is 1. The van der Waals surface area contributed by atoms with E-state index < -0.39 is 0 Å². The van der Waals surface area contributed by atoms with Crippen LogP contribution in [0.3, 0.4) is 0 Å². The molecule has 1 N–H and O–H groups in total. The minimum absolute atomic E-state index is 0. The van der Waals surface area contributed by atoms with Gasteiger partial charge < -0.3 is 19.4 Å². The summed E-state index contributed by atoms with van der Waals surface area (Å²) < 4.78 is 11.4. The van der Waals surface area contributed by atoms with Crippen LogP contribution in [0.25, 0.3) is 0 Å². The van der Waals surface area contributed by atoms with Crippen molar-refractivity contribution in [2.24, 2.45) is 10.9 Å². The van der Waals surface area contributed by atoms with Crippen molar-refractivity contribution in [3.8, 4) is 0 Å². The van der Waals surface area contributed by atoms with Crippen LogP contribution in [0.2, 0.25) is 0 Å². The second-order valence-electron chi connectivity index (χ2n) is 7.06. The highest BCUT2D eigenvalue weighted by Gasteiger charge is 2.25. The van der Waals surface area contributed by atoms with Gasteiger partial charge in [0.2, 0.25) is 0 Å². The molecule has 3 rings (SSSR count). The first-order valence-electron chi connectivity index (χ1n) is 10.0. The molecule has 5 nitrogen and oxygen atoms in total. The molecule has 1 fully saturated rings. The standard InChI is InChI=1S/C22H31N3O2S.HI/c1-28-15-12-24-22(23-11-9-21-8-5-14-27-21)25-13-10-20(16-25)18-26-17-19-6-3-2-4-7-19;/h2-8,14,20H,9-13,15-18H2,1H3,(H,23,24);1H. The molecule has 1 aromatic heterocycles. The third-order valence-electron chi connectivity index (χ3n) is 4.84. The van der Waals surface area contributed by atoms with E-state index in [9.17, 15) is 0 Å². The lowest BCUT2D eigenvalue weighted by Gasteiger charge is -2.22. The molecule has 0 radical (unpaired) electrons. The molecule has 0 amide bonds. The molecule has 1 aliphatic heterocycles. The molecule has 2 aromatic rings. The third kappa shape index (κ3) is 8.60. The second-order valence-corrected chi connectivity index (χ2v) is 8.04. The Morgan fingerprint density at radius 1 is 1.28 bits per heavy atom. The highest BCUT2D eigenvalue weighted by Crippen LogP contribution is 2.17. The van der Waals surface area contributed by atoms with Gasteiger partial charge in [-0.2, -0.15) is 11.8 Å². The van der Waals surface area contributed by atoms with Crippen LogP contribution in [0.4, 0.5) is 0 Å². The molecule has 160 valence electrons. The Kier molecular flexibility index (Phi) is 11.6. The minimum Gasteiger partial charge on any atom is -0.469 e. The van der Waals surface area contributed by atoms with Crippen molar-refractivity contribution < 1.29 is 9.15 Å². The van der Waals surface area contributed by atoms with Gasteiger partial charge in [0.05, 0.1) is 26.0 Å². The minimum atomic E-state index is 0. The summed E-state index contributed by atoms with van der Waals surface area (Å²) in [6.45, 7) is 5.20. The molecule has 1 atom stereocenters. The second kappa shape index (κ2) is 13.9. The number of rotatable bonds is 10. The molecule has 1 unspecified atom stereocenters. The third-order valence-corrected chi connectivity index (χ3v) is 5.43. The van der Waals surface area contributed by atoms with Gasteiger partial charge in [-0.05, 0) is 30.4 Å². The number of benzene rings is 1.